The second kappa shape index (κ2) is 4.37. The van der Waals surface area contributed by atoms with Crippen LogP contribution in [-0.4, -0.2) is 17.5 Å². The SMILES string of the molecule is FC(F)(F)c1ccc(NC2=NCCS2)cc1. The van der Waals surface area contributed by atoms with E-state index in [0.717, 1.165) is 29.6 Å². The normalized spacial score (nSPS) is 16.1. The Labute approximate surface area is 95.0 Å². The van der Waals surface area contributed by atoms with E-state index in [1.54, 1.807) is 11.8 Å². The van der Waals surface area contributed by atoms with Gasteiger partial charge in [0.1, 0.15) is 0 Å². The summed E-state index contributed by atoms with van der Waals surface area (Å²) in [5.74, 6) is 0.920. The molecule has 1 heterocycles. The van der Waals surface area contributed by atoms with E-state index < -0.39 is 11.7 Å². The van der Waals surface area contributed by atoms with Crippen LogP contribution in [0.5, 0.6) is 0 Å². The predicted octanol–water partition coefficient (Wildman–Crippen LogP) is 3.22. The smallest absolute Gasteiger partial charge is 0.335 e. The average Bonchev–Trinajstić information content (AvgIpc) is 2.70. The van der Waals surface area contributed by atoms with Gasteiger partial charge in [-0.1, -0.05) is 11.8 Å². The molecular formula is C10H9F3N2S. The lowest BCUT2D eigenvalue weighted by molar-refractivity contribution is -0.137. The fraction of sp³-hybridized carbons (Fsp3) is 0.300. The highest BCUT2D eigenvalue weighted by atomic mass is 32.2. The summed E-state index contributed by atoms with van der Waals surface area (Å²) in [4.78, 5) is 4.15. The van der Waals surface area contributed by atoms with E-state index in [9.17, 15) is 13.2 Å². The molecule has 1 aliphatic rings. The Hall–Kier alpha value is -1.17. The Kier molecular flexibility index (Phi) is 3.09. The summed E-state index contributed by atoms with van der Waals surface area (Å²) in [5.41, 5.74) is -0.0137. The standard InChI is InChI=1S/C10H9F3N2S/c11-10(12,13)7-1-3-8(4-2-7)15-9-14-5-6-16-9/h1-4H,5-6H2,(H,14,15). The number of benzene rings is 1. The van der Waals surface area contributed by atoms with Crippen LogP contribution in [0, 0.1) is 0 Å². The Morgan fingerprint density at radius 3 is 2.38 bits per heavy atom. The van der Waals surface area contributed by atoms with E-state index in [1.165, 1.54) is 12.1 Å². The Bertz CT molecular complexity index is 398. The zero-order chi connectivity index (χ0) is 11.6. The summed E-state index contributed by atoms with van der Waals surface area (Å²) >= 11 is 1.56. The molecule has 0 saturated heterocycles. The van der Waals surface area contributed by atoms with Crippen LogP contribution in [-0.2, 0) is 6.18 Å². The molecule has 16 heavy (non-hydrogen) atoms. The molecule has 1 aliphatic heterocycles. The van der Waals surface area contributed by atoms with Crippen molar-refractivity contribution in [2.24, 2.45) is 4.99 Å². The van der Waals surface area contributed by atoms with Crippen molar-refractivity contribution < 1.29 is 13.2 Å². The number of hydrogen-bond donors (Lipinski definition) is 1. The minimum absolute atomic E-state index is 0.626. The molecule has 0 aromatic heterocycles. The molecule has 0 amide bonds. The second-order valence-electron chi connectivity index (χ2n) is 3.24. The first-order chi connectivity index (χ1) is 7.55. The molecule has 0 unspecified atom stereocenters. The second-order valence-corrected chi connectivity index (χ2v) is 4.32. The van der Waals surface area contributed by atoms with E-state index in [2.05, 4.69) is 10.3 Å². The summed E-state index contributed by atoms with van der Waals surface area (Å²) in [6, 6.07) is 4.93. The molecule has 2 nitrogen and oxygen atoms in total. The lowest BCUT2D eigenvalue weighted by atomic mass is 10.2. The van der Waals surface area contributed by atoms with E-state index in [-0.39, 0.29) is 0 Å². The molecule has 0 spiro atoms. The van der Waals surface area contributed by atoms with Crippen molar-refractivity contribution in [3.8, 4) is 0 Å². The third kappa shape index (κ3) is 2.69. The van der Waals surface area contributed by atoms with Crippen LogP contribution in [0.4, 0.5) is 18.9 Å². The highest BCUT2D eigenvalue weighted by Gasteiger charge is 2.29. The van der Waals surface area contributed by atoms with Crippen molar-refractivity contribution >= 4 is 22.6 Å². The van der Waals surface area contributed by atoms with Crippen molar-refractivity contribution in [2.45, 2.75) is 6.18 Å². The molecule has 0 aliphatic carbocycles. The van der Waals surface area contributed by atoms with Gasteiger partial charge in [-0.3, -0.25) is 4.99 Å². The quantitative estimate of drug-likeness (QED) is 0.822. The molecule has 0 fully saturated rings. The number of nitrogens with one attached hydrogen (secondary N) is 1. The zero-order valence-electron chi connectivity index (χ0n) is 8.21. The van der Waals surface area contributed by atoms with Gasteiger partial charge >= 0.3 is 6.18 Å². The first kappa shape index (κ1) is 11.3. The van der Waals surface area contributed by atoms with Gasteiger partial charge in [0.05, 0.1) is 12.1 Å². The first-order valence-electron chi connectivity index (χ1n) is 4.67. The van der Waals surface area contributed by atoms with Crippen molar-refractivity contribution in [3.05, 3.63) is 29.8 Å². The van der Waals surface area contributed by atoms with Gasteiger partial charge in [-0.05, 0) is 24.3 Å². The molecule has 0 bridgehead atoms. The third-order valence-electron chi connectivity index (χ3n) is 2.05. The van der Waals surface area contributed by atoms with Crippen molar-refractivity contribution in [1.29, 1.82) is 0 Å². The maximum Gasteiger partial charge on any atom is 0.416 e. The summed E-state index contributed by atoms with van der Waals surface area (Å²) < 4.78 is 36.8. The summed E-state index contributed by atoms with van der Waals surface area (Å²) in [6.07, 6.45) is -4.28. The maximum absolute atomic E-state index is 12.3. The molecule has 86 valence electrons. The van der Waals surface area contributed by atoms with Gasteiger partial charge in [0.2, 0.25) is 0 Å². The van der Waals surface area contributed by atoms with Gasteiger partial charge in [-0.15, -0.1) is 0 Å². The number of amidine groups is 1. The Morgan fingerprint density at radius 1 is 1.19 bits per heavy atom. The lowest BCUT2D eigenvalue weighted by Crippen LogP contribution is -2.07. The van der Waals surface area contributed by atoms with E-state index in [1.807, 2.05) is 0 Å². The Balaban J connectivity index is 2.07. The number of thioether (sulfide) groups is 1. The molecule has 1 aromatic carbocycles. The summed E-state index contributed by atoms with van der Waals surface area (Å²) in [7, 11) is 0. The predicted molar refractivity (Wildman–Crippen MR) is 59.8 cm³/mol. The topological polar surface area (TPSA) is 24.4 Å². The van der Waals surface area contributed by atoms with Crippen LogP contribution < -0.4 is 5.32 Å². The van der Waals surface area contributed by atoms with Gasteiger partial charge < -0.3 is 5.32 Å². The van der Waals surface area contributed by atoms with E-state index in [0.29, 0.717) is 5.69 Å². The molecule has 6 heteroatoms. The molecule has 1 aromatic rings. The summed E-state index contributed by atoms with van der Waals surface area (Å²) in [6.45, 7) is 0.758. The third-order valence-corrected chi connectivity index (χ3v) is 2.94. The average molecular weight is 246 g/mol. The van der Waals surface area contributed by atoms with Gasteiger partial charge in [-0.2, -0.15) is 13.2 Å². The fourth-order valence-electron chi connectivity index (χ4n) is 1.28. The van der Waals surface area contributed by atoms with Gasteiger partial charge in [0.15, 0.2) is 5.17 Å². The molecular weight excluding hydrogens is 237 g/mol. The van der Waals surface area contributed by atoms with Gasteiger partial charge in [0, 0.05) is 11.4 Å². The molecule has 0 radical (unpaired) electrons. The number of halogens is 3. The molecule has 1 N–H and O–H groups in total. The number of aliphatic imine (C=N–C) groups is 1. The number of rotatable bonds is 1. The van der Waals surface area contributed by atoms with Crippen LogP contribution in [0.1, 0.15) is 5.56 Å². The summed E-state index contributed by atoms with van der Waals surface area (Å²) in [5, 5.41) is 3.73. The highest BCUT2D eigenvalue weighted by Crippen LogP contribution is 2.30. The van der Waals surface area contributed by atoms with Gasteiger partial charge in [0.25, 0.3) is 0 Å². The number of hydrogen-bond acceptors (Lipinski definition) is 3. The van der Waals surface area contributed by atoms with Crippen molar-refractivity contribution in [2.75, 3.05) is 17.6 Å². The van der Waals surface area contributed by atoms with Crippen LogP contribution in [0.3, 0.4) is 0 Å². The number of nitrogens with zero attached hydrogens (tertiary/aromatic N) is 1. The van der Waals surface area contributed by atoms with Crippen LogP contribution >= 0.6 is 11.8 Å². The molecule has 2 rings (SSSR count). The number of anilines is 1. The largest absolute Gasteiger partial charge is 0.416 e. The highest BCUT2D eigenvalue weighted by molar-refractivity contribution is 8.14. The minimum Gasteiger partial charge on any atom is -0.335 e. The Morgan fingerprint density at radius 2 is 1.88 bits per heavy atom. The minimum atomic E-state index is -4.28. The maximum atomic E-state index is 12.3. The van der Waals surface area contributed by atoms with Gasteiger partial charge in [-0.25, -0.2) is 0 Å². The van der Waals surface area contributed by atoms with E-state index in [4.69, 9.17) is 0 Å². The zero-order valence-corrected chi connectivity index (χ0v) is 9.03. The van der Waals surface area contributed by atoms with Crippen molar-refractivity contribution in [1.82, 2.24) is 0 Å². The fourth-order valence-corrected chi connectivity index (χ4v) is 2.03. The van der Waals surface area contributed by atoms with Crippen LogP contribution in [0.15, 0.2) is 29.3 Å². The van der Waals surface area contributed by atoms with Crippen LogP contribution in [0.25, 0.3) is 0 Å². The van der Waals surface area contributed by atoms with E-state index >= 15 is 0 Å². The lowest BCUT2D eigenvalue weighted by Gasteiger charge is -2.08. The van der Waals surface area contributed by atoms with Crippen molar-refractivity contribution in [3.63, 3.8) is 0 Å². The monoisotopic (exact) mass is 246 g/mol. The number of alkyl halides is 3. The van der Waals surface area contributed by atoms with Crippen LogP contribution in [0.2, 0.25) is 0 Å². The first-order valence-corrected chi connectivity index (χ1v) is 5.66. The molecule has 0 saturated carbocycles. The molecule has 0 atom stereocenters.